The standard InChI is InChI=1S/C35H56N4O/c1-7-8-10-27-13-15-28(16-14-27)31(17-12-26(2)3)39-33(40)32(38-24-23-37-22-9-11-30(37)25-38)36-35(39)20-18-29(19-21-35)34(4,5)6/h13-16,26,29-31H,7-12,17-25H2,1-6H3. The lowest BCUT2D eigenvalue weighted by Gasteiger charge is -2.47. The molecule has 4 aliphatic rings. The number of nitrogens with zero attached hydrogens (tertiary/aromatic N) is 4. The number of amides is 1. The molecule has 0 radical (unpaired) electrons. The maximum atomic E-state index is 14.7. The van der Waals surface area contributed by atoms with E-state index in [1.165, 1.54) is 43.4 Å². The third-order valence-electron chi connectivity index (χ3n) is 10.6. The zero-order chi connectivity index (χ0) is 28.5. The summed E-state index contributed by atoms with van der Waals surface area (Å²) in [5, 5.41) is 0. The lowest BCUT2D eigenvalue weighted by atomic mass is 9.69. The molecule has 1 saturated carbocycles. The summed E-state index contributed by atoms with van der Waals surface area (Å²) >= 11 is 0. The van der Waals surface area contributed by atoms with Gasteiger partial charge < -0.3 is 9.80 Å². The van der Waals surface area contributed by atoms with Crippen LogP contribution in [0, 0.1) is 17.3 Å². The summed E-state index contributed by atoms with van der Waals surface area (Å²) < 4.78 is 0. The number of rotatable bonds is 8. The monoisotopic (exact) mass is 548 g/mol. The van der Waals surface area contributed by atoms with Gasteiger partial charge in [0.2, 0.25) is 0 Å². The molecule has 5 rings (SSSR count). The quantitative estimate of drug-likeness (QED) is 0.338. The van der Waals surface area contributed by atoms with E-state index in [0.29, 0.717) is 23.3 Å². The van der Waals surface area contributed by atoms with Crippen molar-refractivity contribution in [3.05, 3.63) is 35.4 Å². The first kappa shape index (κ1) is 29.6. The van der Waals surface area contributed by atoms with E-state index in [-0.39, 0.29) is 11.9 Å². The third kappa shape index (κ3) is 6.15. The summed E-state index contributed by atoms with van der Waals surface area (Å²) in [6, 6.07) is 9.95. The van der Waals surface area contributed by atoms with Gasteiger partial charge in [0.25, 0.3) is 5.91 Å². The number of carbonyl (C=O) groups is 1. The molecule has 5 nitrogen and oxygen atoms in total. The molecule has 40 heavy (non-hydrogen) atoms. The first-order valence-corrected chi connectivity index (χ1v) is 16.6. The van der Waals surface area contributed by atoms with Gasteiger partial charge in [0, 0.05) is 25.7 Å². The summed E-state index contributed by atoms with van der Waals surface area (Å²) in [6.07, 6.45) is 12.5. The topological polar surface area (TPSA) is 39.2 Å². The van der Waals surface area contributed by atoms with Crippen LogP contribution in [0.2, 0.25) is 0 Å². The molecule has 0 N–H and O–H groups in total. The summed E-state index contributed by atoms with van der Waals surface area (Å²) in [6.45, 7) is 18.2. The maximum Gasteiger partial charge on any atom is 0.291 e. The van der Waals surface area contributed by atoms with Crippen molar-refractivity contribution in [3.8, 4) is 0 Å². The van der Waals surface area contributed by atoms with Gasteiger partial charge in [-0.05, 0) is 99.1 Å². The molecule has 5 heteroatoms. The van der Waals surface area contributed by atoms with Gasteiger partial charge in [-0.1, -0.05) is 72.2 Å². The van der Waals surface area contributed by atoms with E-state index < -0.39 is 5.66 Å². The van der Waals surface area contributed by atoms with Crippen LogP contribution in [0.25, 0.3) is 0 Å². The molecule has 0 aromatic heterocycles. The molecule has 2 unspecified atom stereocenters. The largest absolute Gasteiger partial charge is 0.349 e. The second-order valence-electron chi connectivity index (χ2n) is 14.8. The molecule has 1 aliphatic carbocycles. The Bertz CT molecular complexity index is 1030. The number of carbonyl (C=O) groups excluding carboxylic acids is 1. The molecule has 3 heterocycles. The molecule has 0 bridgehead atoms. The molecular formula is C35H56N4O. The van der Waals surface area contributed by atoms with E-state index in [1.807, 2.05) is 0 Å². The predicted octanol–water partition coefficient (Wildman–Crippen LogP) is 7.46. The van der Waals surface area contributed by atoms with Gasteiger partial charge in [0.15, 0.2) is 5.84 Å². The van der Waals surface area contributed by atoms with Crippen LogP contribution < -0.4 is 0 Å². The Balaban J connectivity index is 1.48. The lowest BCUT2D eigenvalue weighted by Crippen LogP contribution is -2.55. The second-order valence-corrected chi connectivity index (χ2v) is 14.8. The minimum atomic E-state index is -0.399. The smallest absolute Gasteiger partial charge is 0.291 e. The highest BCUT2D eigenvalue weighted by Crippen LogP contribution is 2.50. The predicted molar refractivity (Wildman–Crippen MR) is 166 cm³/mol. The van der Waals surface area contributed by atoms with Gasteiger partial charge in [0.05, 0.1) is 6.04 Å². The van der Waals surface area contributed by atoms with Crippen LogP contribution in [-0.4, -0.2) is 64.3 Å². The van der Waals surface area contributed by atoms with Crippen LogP contribution in [0.15, 0.2) is 29.3 Å². The number of unbranched alkanes of at least 4 members (excludes halogenated alkanes) is 1. The first-order chi connectivity index (χ1) is 19.1. The van der Waals surface area contributed by atoms with Crippen molar-refractivity contribution in [3.63, 3.8) is 0 Å². The Morgan fingerprint density at radius 1 is 1.00 bits per heavy atom. The van der Waals surface area contributed by atoms with Crippen LogP contribution in [0.5, 0.6) is 0 Å². The Hall–Kier alpha value is -1.88. The maximum absolute atomic E-state index is 14.7. The molecule has 2 atom stereocenters. The number of aryl methyl sites for hydroxylation is 1. The summed E-state index contributed by atoms with van der Waals surface area (Å²) in [7, 11) is 0. The molecule has 1 aromatic rings. The second kappa shape index (κ2) is 12.2. The Kier molecular flexibility index (Phi) is 9.00. The molecule has 2 saturated heterocycles. The van der Waals surface area contributed by atoms with E-state index in [4.69, 9.17) is 4.99 Å². The van der Waals surface area contributed by atoms with E-state index in [2.05, 4.69) is 80.5 Å². The number of hydrogen-bond donors (Lipinski definition) is 0. The van der Waals surface area contributed by atoms with Crippen LogP contribution in [0.4, 0.5) is 0 Å². The van der Waals surface area contributed by atoms with Crippen LogP contribution in [0.1, 0.15) is 123 Å². The highest BCUT2D eigenvalue weighted by Gasteiger charge is 2.54. The Morgan fingerprint density at radius 2 is 1.73 bits per heavy atom. The van der Waals surface area contributed by atoms with Gasteiger partial charge >= 0.3 is 0 Å². The van der Waals surface area contributed by atoms with Crippen molar-refractivity contribution in [1.29, 1.82) is 0 Å². The number of fused-ring (bicyclic) bond motifs is 1. The molecule has 1 aromatic carbocycles. The van der Waals surface area contributed by atoms with Crippen LogP contribution in [0.3, 0.4) is 0 Å². The zero-order valence-corrected chi connectivity index (χ0v) is 26.4. The highest BCUT2D eigenvalue weighted by molar-refractivity contribution is 6.39. The van der Waals surface area contributed by atoms with E-state index in [9.17, 15) is 4.79 Å². The summed E-state index contributed by atoms with van der Waals surface area (Å²) in [5.41, 5.74) is 2.60. The first-order valence-electron chi connectivity index (χ1n) is 16.6. The van der Waals surface area contributed by atoms with E-state index in [0.717, 1.165) is 70.4 Å². The minimum absolute atomic E-state index is 0.0790. The number of hydrogen-bond acceptors (Lipinski definition) is 4. The van der Waals surface area contributed by atoms with Crippen molar-refractivity contribution < 1.29 is 4.79 Å². The molecule has 3 aliphatic heterocycles. The summed E-state index contributed by atoms with van der Waals surface area (Å²) in [4.78, 5) is 27.5. The number of benzene rings is 1. The van der Waals surface area contributed by atoms with Crippen LogP contribution >= 0.6 is 0 Å². The fourth-order valence-electron chi connectivity index (χ4n) is 7.94. The van der Waals surface area contributed by atoms with Crippen LogP contribution in [-0.2, 0) is 11.2 Å². The highest BCUT2D eigenvalue weighted by atomic mass is 16.2. The third-order valence-corrected chi connectivity index (χ3v) is 10.6. The van der Waals surface area contributed by atoms with Gasteiger partial charge in [0.1, 0.15) is 5.66 Å². The Morgan fingerprint density at radius 3 is 2.38 bits per heavy atom. The Labute approximate surface area is 244 Å². The fraction of sp³-hybridized carbons (Fsp3) is 0.771. The van der Waals surface area contributed by atoms with Crippen molar-refractivity contribution in [2.75, 3.05) is 26.2 Å². The van der Waals surface area contributed by atoms with Gasteiger partial charge in [-0.15, -0.1) is 0 Å². The zero-order valence-electron chi connectivity index (χ0n) is 26.4. The number of aliphatic imine (C=N–C) groups is 1. The van der Waals surface area contributed by atoms with Crippen molar-refractivity contribution in [2.24, 2.45) is 22.2 Å². The van der Waals surface area contributed by atoms with Gasteiger partial charge in [-0.3, -0.25) is 9.69 Å². The average molecular weight is 549 g/mol. The average Bonchev–Trinajstić information content (AvgIpc) is 3.50. The van der Waals surface area contributed by atoms with Gasteiger partial charge in [-0.25, -0.2) is 4.99 Å². The van der Waals surface area contributed by atoms with Crippen molar-refractivity contribution >= 4 is 11.7 Å². The SMILES string of the molecule is CCCCc1ccc(C(CCC(C)C)N2C(=O)C(N3CCN4CCCC4C3)=NC23CCC(C(C)(C)C)CC3)cc1. The van der Waals surface area contributed by atoms with Crippen molar-refractivity contribution in [1.82, 2.24) is 14.7 Å². The fourth-order valence-corrected chi connectivity index (χ4v) is 7.94. The molecule has 222 valence electrons. The van der Waals surface area contributed by atoms with E-state index in [1.54, 1.807) is 0 Å². The summed E-state index contributed by atoms with van der Waals surface area (Å²) in [5.74, 6) is 2.26. The lowest BCUT2D eigenvalue weighted by molar-refractivity contribution is -0.134. The molecule has 1 spiro atoms. The molecule has 3 fully saturated rings. The van der Waals surface area contributed by atoms with Gasteiger partial charge in [-0.2, -0.15) is 0 Å². The number of piperazine rings is 1. The normalized spacial score (nSPS) is 28.5. The molecule has 1 amide bonds. The van der Waals surface area contributed by atoms with Crippen molar-refractivity contribution in [2.45, 2.75) is 130 Å². The van der Waals surface area contributed by atoms with E-state index >= 15 is 0 Å². The molecular weight excluding hydrogens is 492 g/mol. The minimum Gasteiger partial charge on any atom is -0.349 e. The number of amidine groups is 1.